The van der Waals surface area contributed by atoms with Gasteiger partial charge in [-0.3, -0.25) is 4.90 Å². The first-order valence-corrected chi connectivity index (χ1v) is 6.95. The van der Waals surface area contributed by atoms with Crippen molar-refractivity contribution in [3.63, 3.8) is 0 Å². The van der Waals surface area contributed by atoms with Crippen LogP contribution in [0.1, 0.15) is 16.7 Å². The lowest BCUT2D eigenvalue weighted by molar-refractivity contribution is 0.230. The molecule has 1 fully saturated rings. The third-order valence-electron chi connectivity index (χ3n) is 3.50. The largest absolute Gasteiger partial charge is 0.507 e. The number of hydrogen-bond donors (Lipinski definition) is 2. The maximum atomic E-state index is 10.4. The molecule has 2 N–H and O–H groups in total. The number of aromatic hydroxyl groups is 1. The number of hydrogen-bond acceptors (Lipinski definition) is 4. The van der Waals surface area contributed by atoms with Gasteiger partial charge in [-0.2, -0.15) is 0 Å². The van der Waals surface area contributed by atoms with E-state index >= 15 is 0 Å². The van der Waals surface area contributed by atoms with Crippen LogP contribution in [0.4, 0.5) is 0 Å². The predicted molar refractivity (Wildman–Crippen MR) is 78.4 cm³/mol. The van der Waals surface area contributed by atoms with Crippen LogP contribution in [0, 0.1) is 6.92 Å². The molecule has 2 rings (SSSR count). The van der Waals surface area contributed by atoms with Gasteiger partial charge >= 0.3 is 0 Å². The molecule has 0 bridgehead atoms. The summed E-state index contributed by atoms with van der Waals surface area (Å²) >= 11 is 0. The van der Waals surface area contributed by atoms with Crippen LogP contribution in [0.5, 0.6) is 5.75 Å². The number of piperazine rings is 1. The highest BCUT2D eigenvalue weighted by molar-refractivity contribution is 5.43. The molecule has 0 radical (unpaired) electrons. The molecule has 1 aromatic carbocycles. The van der Waals surface area contributed by atoms with E-state index in [-0.39, 0.29) is 0 Å². The van der Waals surface area contributed by atoms with Crippen molar-refractivity contribution in [1.29, 1.82) is 0 Å². The predicted octanol–water partition coefficient (Wildman–Crippen LogP) is 1.17. The van der Waals surface area contributed by atoms with Gasteiger partial charge in [-0.25, -0.2) is 0 Å². The monoisotopic (exact) mass is 263 g/mol. The summed E-state index contributed by atoms with van der Waals surface area (Å²) in [5.41, 5.74) is 3.30. The first kappa shape index (κ1) is 14.3. The van der Waals surface area contributed by atoms with E-state index in [1.54, 1.807) is 0 Å². The van der Waals surface area contributed by atoms with E-state index in [1.165, 1.54) is 5.56 Å². The molecule has 1 aromatic rings. The van der Waals surface area contributed by atoms with Crippen molar-refractivity contribution < 1.29 is 5.11 Å². The molecule has 0 aromatic heterocycles. The van der Waals surface area contributed by atoms with E-state index in [1.807, 2.05) is 14.1 Å². The van der Waals surface area contributed by atoms with Gasteiger partial charge in [-0.05, 0) is 21.0 Å². The Morgan fingerprint density at radius 3 is 2.47 bits per heavy atom. The molecule has 1 aliphatic heterocycles. The van der Waals surface area contributed by atoms with Crippen LogP contribution in [0.2, 0.25) is 0 Å². The number of aryl methyl sites for hydroxylation is 1. The van der Waals surface area contributed by atoms with Crippen LogP contribution >= 0.6 is 0 Å². The van der Waals surface area contributed by atoms with E-state index in [0.29, 0.717) is 5.75 Å². The van der Waals surface area contributed by atoms with Gasteiger partial charge in [0.25, 0.3) is 0 Å². The third-order valence-corrected chi connectivity index (χ3v) is 3.50. The van der Waals surface area contributed by atoms with Crippen LogP contribution in [0.25, 0.3) is 0 Å². The van der Waals surface area contributed by atoms with E-state index in [0.717, 1.165) is 50.4 Å². The highest BCUT2D eigenvalue weighted by Gasteiger charge is 2.15. The van der Waals surface area contributed by atoms with Gasteiger partial charge in [0.1, 0.15) is 5.75 Å². The Hall–Kier alpha value is -1.10. The van der Waals surface area contributed by atoms with Gasteiger partial charge in [0.05, 0.1) is 0 Å². The quantitative estimate of drug-likeness (QED) is 0.855. The smallest absolute Gasteiger partial charge is 0.124 e. The molecule has 1 heterocycles. The van der Waals surface area contributed by atoms with Gasteiger partial charge in [0.2, 0.25) is 0 Å². The molecular formula is C15H25N3O. The number of nitrogens with zero attached hydrogens (tertiary/aromatic N) is 2. The molecule has 1 aliphatic rings. The SMILES string of the molecule is Cc1cc(CN(C)C)c(O)c(CN2CCNCC2)c1. The third kappa shape index (κ3) is 3.93. The van der Waals surface area contributed by atoms with Crippen LogP contribution < -0.4 is 5.32 Å². The number of nitrogens with one attached hydrogen (secondary N) is 1. The molecule has 4 nitrogen and oxygen atoms in total. The summed E-state index contributed by atoms with van der Waals surface area (Å²) in [7, 11) is 4.05. The highest BCUT2D eigenvalue weighted by Crippen LogP contribution is 2.26. The zero-order valence-corrected chi connectivity index (χ0v) is 12.2. The van der Waals surface area contributed by atoms with E-state index in [9.17, 15) is 5.11 Å². The maximum Gasteiger partial charge on any atom is 0.124 e. The number of phenols is 1. The lowest BCUT2D eigenvalue weighted by Gasteiger charge is -2.28. The highest BCUT2D eigenvalue weighted by atomic mass is 16.3. The van der Waals surface area contributed by atoms with Gasteiger partial charge in [0.15, 0.2) is 0 Å². The summed E-state index contributed by atoms with van der Waals surface area (Å²) in [6.45, 7) is 7.90. The molecule has 19 heavy (non-hydrogen) atoms. The lowest BCUT2D eigenvalue weighted by Crippen LogP contribution is -2.42. The Morgan fingerprint density at radius 2 is 1.84 bits per heavy atom. The van der Waals surface area contributed by atoms with Crippen LogP contribution in [-0.2, 0) is 13.1 Å². The second kappa shape index (κ2) is 6.37. The minimum atomic E-state index is 0.470. The molecule has 0 spiro atoms. The standard InChI is InChI=1S/C15H25N3O/c1-12-8-13(10-17(2)3)15(19)14(9-12)11-18-6-4-16-5-7-18/h8-9,16,19H,4-7,10-11H2,1-3H3. The minimum Gasteiger partial charge on any atom is -0.507 e. The molecule has 4 heteroatoms. The zero-order valence-electron chi connectivity index (χ0n) is 12.2. The first-order valence-electron chi connectivity index (χ1n) is 6.95. The average molecular weight is 263 g/mol. The van der Waals surface area contributed by atoms with E-state index in [4.69, 9.17) is 0 Å². The van der Waals surface area contributed by atoms with Crippen molar-refractivity contribution in [3.05, 3.63) is 28.8 Å². The van der Waals surface area contributed by atoms with Gasteiger partial charge < -0.3 is 15.3 Å². The van der Waals surface area contributed by atoms with Crippen LogP contribution in [0.15, 0.2) is 12.1 Å². The Labute approximate surface area is 116 Å². The number of phenolic OH excluding ortho intramolecular Hbond substituents is 1. The minimum absolute atomic E-state index is 0.470. The molecule has 106 valence electrons. The Bertz CT molecular complexity index is 426. The normalized spacial score (nSPS) is 17.1. The van der Waals surface area contributed by atoms with Crippen molar-refractivity contribution in [2.45, 2.75) is 20.0 Å². The summed E-state index contributed by atoms with van der Waals surface area (Å²) in [5, 5.41) is 13.8. The Kier molecular flexibility index (Phi) is 4.80. The van der Waals surface area contributed by atoms with Crippen LogP contribution in [-0.4, -0.2) is 55.2 Å². The zero-order chi connectivity index (χ0) is 13.8. The number of benzene rings is 1. The van der Waals surface area contributed by atoms with Crippen LogP contribution in [0.3, 0.4) is 0 Å². The molecule has 0 atom stereocenters. The lowest BCUT2D eigenvalue weighted by atomic mass is 10.0. The first-order chi connectivity index (χ1) is 9.06. The van der Waals surface area contributed by atoms with Gasteiger partial charge in [-0.1, -0.05) is 17.7 Å². The fourth-order valence-electron chi connectivity index (χ4n) is 2.63. The fourth-order valence-corrected chi connectivity index (χ4v) is 2.63. The summed E-state index contributed by atoms with van der Waals surface area (Å²) in [6.07, 6.45) is 0. The summed E-state index contributed by atoms with van der Waals surface area (Å²) in [6, 6.07) is 4.19. The molecule has 1 saturated heterocycles. The van der Waals surface area contributed by atoms with E-state index in [2.05, 4.69) is 34.2 Å². The fraction of sp³-hybridized carbons (Fsp3) is 0.600. The van der Waals surface area contributed by atoms with Gasteiger partial charge in [-0.15, -0.1) is 0 Å². The van der Waals surface area contributed by atoms with Crippen molar-refractivity contribution in [2.75, 3.05) is 40.3 Å². The molecule has 0 aliphatic carbocycles. The molecule has 0 amide bonds. The topological polar surface area (TPSA) is 38.7 Å². The molecule has 0 saturated carbocycles. The maximum absolute atomic E-state index is 10.4. The average Bonchev–Trinajstić information content (AvgIpc) is 2.35. The second-order valence-corrected chi connectivity index (χ2v) is 5.70. The summed E-state index contributed by atoms with van der Waals surface area (Å²) in [4.78, 5) is 4.48. The Balaban J connectivity index is 2.16. The van der Waals surface area contributed by atoms with Crippen molar-refractivity contribution in [1.82, 2.24) is 15.1 Å². The van der Waals surface area contributed by atoms with Crippen molar-refractivity contribution >= 4 is 0 Å². The Morgan fingerprint density at radius 1 is 1.21 bits per heavy atom. The number of rotatable bonds is 4. The van der Waals surface area contributed by atoms with Gasteiger partial charge in [0, 0.05) is 50.4 Å². The summed E-state index contributed by atoms with van der Waals surface area (Å²) < 4.78 is 0. The molecular weight excluding hydrogens is 238 g/mol. The molecule has 0 unspecified atom stereocenters. The van der Waals surface area contributed by atoms with E-state index < -0.39 is 0 Å². The van der Waals surface area contributed by atoms with Crippen molar-refractivity contribution in [2.24, 2.45) is 0 Å². The second-order valence-electron chi connectivity index (χ2n) is 5.70. The summed E-state index contributed by atoms with van der Waals surface area (Å²) in [5.74, 6) is 0.470. The van der Waals surface area contributed by atoms with Crippen molar-refractivity contribution in [3.8, 4) is 5.75 Å².